The lowest BCUT2D eigenvalue weighted by atomic mass is 10.1. The first-order valence-corrected chi connectivity index (χ1v) is 24.2. The van der Waals surface area contributed by atoms with Gasteiger partial charge in [-0.25, -0.2) is 0 Å². The van der Waals surface area contributed by atoms with E-state index in [9.17, 15) is 14.4 Å². The molecule has 0 aliphatic rings. The second kappa shape index (κ2) is 47.3. The van der Waals surface area contributed by atoms with Crippen LogP contribution >= 0.6 is 0 Å². The Bertz CT molecular complexity index is 1170. The summed E-state index contributed by atoms with van der Waals surface area (Å²) in [6.45, 7) is 6.39. The molecule has 0 N–H and O–H groups in total. The lowest BCUT2D eigenvalue weighted by molar-refractivity contribution is -0.167. The molecule has 0 amide bonds. The fourth-order valence-electron chi connectivity index (χ4n) is 6.40. The van der Waals surface area contributed by atoms with Crippen LogP contribution in [0.1, 0.15) is 213 Å². The van der Waals surface area contributed by atoms with Gasteiger partial charge in [-0.15, -0.1) is 0 Å². The highest BCUT2D eigenvalue weighted by molar-refractivity contribution is 5.71. The zero-order chi connectivity index (χ0) is 43.0. The van der Waals surface area contributed by atoms with Gasteiger partial charge in [0.15, 0.2) is 6.10 Å². The zero-order valence-electron chi connectivity index (χ0n) is 38.2. The maximum absolute atomic E-state index is 12.7. The van der Waals surface area contributed by atoms with Crippen LogP contribution in [0.4, 0.5) is 0 Å². The molecule has 0 aliphatic heterocycles. The topological polar surface area (TPSA) is 78.9 Å². The minimum atomic E-state index is -0.817. The third kappa shape index (κ3) is 45.5. The molecule has 1 unspecified atom stereocenters. The van der Waals surface area contributed by atoms with Crippen LogP contribution in [0.15, 0.2) is 85.1 Å². The van der Waals surface area contributed by atoms with Crippen molar-refractivity contribution in [2.24, 2.45) is 0 Å². The lowest BCUT2D eigenvalue weighted by Crippen LogP contribution is -2.30. The van der Waals surface area contributed by atoms with E-state index in [2.05, 4.69) is 51.2 Å². The third-order valence-corrected chi connectivity index (χ3v) is 10.0. The highest BCUT2D eigenvalue weighted by Crippen LogP contribution is 2.13. The van der Waals surface area contributed by atoms with Gasteiger partial charge in [-0.1, -0.05) is 221 Å². The van der Waals surface area contributed by atoms with E-state index < -0.39 is 6.10 Å². The minimum Gasteiger partial charge on any atom is -0.462 e. The lowest BCUT2D eigenvalue weighted by Gasteiger charge is -2.18. The van der Waals surface area contributed by atoms with Gasteiger partial charge in [0.1, 0.15) is 13.2 Å². The van der Waals surface area contributed by atoms with Crippen molar-refractivity contribution in [3.05, 3.63) is 85.1 Å². The standard InChI is InChI=1S/C53H88O6/c1-4-7-10-13-16-19-22-24-25-26-27-28-30-31-34-37-40-43-46-52(55)58-49-50(48-57-51(54)45-42-39-36-33-21-18-15-12-9-6-3)59-53(56)47-44-41-38-35-32-29-23-20-17-14-11-8-5-2/h8,11,14,17,20,23,25-29,32,35,38,50H,4-7,9-10,12-13,15-16,18-19,21-22,24,30-31,33-34,36-37,39-49H2,1-3H3/b11-8-,17-14-,23-20-,26-25-,28-27-,32-29-,38-35-. The minimum absolute atomic E-state index is 0.110. The van der Waals surface area contributed by atoms with Crippen LogP contribution in [0.25, 0.3) is 0 Å². The SMILES string of the molecule is CC\C=C/C=C\C=C/C=C\C=C/CCCC(=O)OC(COC(=O)CCCCCCC/C=C\C=C/CCCCCCCCC)COC(=O)CCCCCCCCCCCC. The van der Waals surface area contributed by atoms with Gasteiger partial charge in [-0.3, -0.25) is 14.4 Å². The summed E-state index contributed by atoms with van der Waals surface area (Å²) in [5, 5.41) is 0. The highest BCUT2D eigenvalue weighted by atomic mass is 16.6. The summed E-state index contributed by atoms with van der Waals surface area (Å²) >= 11 is 0. The third-order valence-electron chi connectivity index (χ3n) is 10.0. The molecule has 0 saturated heterocycles. The van der Waals surface area contributed by atoms with Crippen molar-refractivity contribution in [2.75, 3.05) is 13.2 Å². The average Bonchev–Trinajstić information content (AvgIpc) is 3.23. The molecule has 6 nitrogen and oxygen atoms in total. The van der Waals surface area contributed by atoms with Crippen LogP contribution in [0.3, 0.4) is 0 Å². The van der Waals surface area contributed by atoms with E-state index >= 15 is 0 Å². The number of hydrogen-bond donors (Lipinski definition) is 0. The van der Waals surface area contributed by atoms with Gasteiger partial charge in [0.25, 0.3) is 0 Å². The quantitative estimate of drug-likeness (QED) is 0.0264. The molecule has 0 aromatic carbocycles. The van der Waals surface area contributed by atoms with Crippen molar-refractivity contribution in [3.63, 3.8) is 0 Å². The Hall–Kier alpha value is -3.41. The molecule has 0 aromatic heterocycles. The summed E-state index contributed by atoms with van der Waals surface area (Å²) in [5.74, 6) is -1.01. The van der Waals surface area contributed by atoms with E-state index in [0.717, 1.165) is 70.6 Å². The molecule has 0 saturated carbocycles. The molecule has 0 spiro atoms. The van der Waals surface area contributed by atoms with Gasteiger partial charge < -0.3 is 14.2 Å². The number of unbranched alkanes of at least 4 members (excludes halogenated alkanes) is 22. The number of rotatable bonds is 42. The monoisotopic (exact) mass is 821 g/mol. The van der Waals surface area contributed by atoms with Gasteiger partial charge in [-0.05, 0) is 57.8 Å². The molecule has 0 heterocycles. The molecule has 1 atom stereocenters. The summed E-state index contributed by atoms with van der Waals surface area (Å²) in [6, 6.07) is 0. The highest BCUT2D eigenvalue weighted by Gasteiger charge is 2.19. The summed E-state index contributed by atoms with van der Waals surface area (Å²) in [7, 11) is 0. The van der Waals surface area contributed by atoms with E-state index in [1.54, 1.807) is 0 Å². The molecule has 6 heteroatoms. The Morgan fingerprint density at radius 1 is 0.356 bits per heavy atom. The Labute approximate surface area is 363 Å². The van der Waals surface area contributed by atoms with Gasteiger partial charge in [0, 0.05) is 19.3 Å². The van der Waals surface area contributed by atoms with Crippen LogP contribution in [-0.2, 0) is 28.6 Å². The van der Waals surface area contributed by atoms with Crippen molar-refractivity contribution < 1.29 is 28.6 Å². The molecule has 0 rings (SSSR count). The fourth-order valence-corrected chi connectivity index (χ4v) is 6.40. The summed E-state index contributed by atoms with van der Waals surface area (Å²) in [6.07, 6.45) is 60.0. The largest absolute Gasteiger partial charge is 0.462 e. The van der Waals surface area contributed by atoms with Gasteiger partial charge in [0.2, 0.25) is 0 Å². The fraction of sp³-hybridized carbons (Fsp3) is 0.679. The van der Waals surface area contributed by atoms with Crippen LogP contribution in [0.2, 0.25) is 0 Å². The van der Waals surface area contributed by atoms with E-state index in [0.29, 0.717) is 19.3 Å². The maximum Gasteiger partial charge on any atom is 0.306 e. The van der Waals surface area contributed by atoms with E-state index in [4.69, 9.17) is 14.2 Å². The molecular formula is C53H88O6. The average molecular weight is 821 g/mol. The summed E-state index contributed by atoms with van der Waals surface area (Å²) in [4.78, 5) is 37.8. The number of hydrogen-bond acceptors (Lipinski definition) is 6. The predicted molar refractivity (Wildman–Crippen MR) is 251 cm³/mol. The number of carbonyl (C=O) groups is 3. The Kier molecular flexibility index (Phi) is 44.5. The zero-order valence-corrected chi connectivity index (χ0v) is 38.2. The van der Waals surface area contributed by atoms with E-state index in [-0.39, 0.29) is 37.5 Å². The van der Waals surface area contributed by atoms with Crippen LogP contribution < -0.4 is 0 Å². The first-order valence-electron chi connectivity index (χ1n) is 24.2. The first-order chi connectivity index (χ1) is 29.0. The number of allylic oxidation sites excluding steroid dienone is 14. The Morgan fingerprint density at radius 3 is 1.10 bits per heavy atom. The van der Waals surface area contributed by atoms with Crippen LogP contribution in [0.5, 0.6) is 0 Å². The van der Waals surface area contributed by atoms with Crippen molar-refractivity contribution in [1.82, 2.24) is 0 Å². The second-order valence-corrected chi connectivity index (χ2v) is 15.8. The number of carbonyl (C=O) groups excluding carboxylic acids is 3. The van der Waals surface area contributed by atoms with Crippen molar-refractivity contribution in [3.8, 4) is 0 Å². The predicted octanol–water partition coefficient (Wildman–Crippen LogP) is 15.6. The molecule has 0 bridgehead atoms. The van der Waals surface area contributed by atoms with Crippen molar-refractivity contribution in [1.29, 1.82) is 0 Å². The van der Waals surface area contributed by atoms with Crippen LogP contribution in [0, 0.1) is 0 Å². The van der Waals surface area contributed by atoms with Crippen molar-refractivity contribution in [2.45, 2.75) is 219 Å². The molecule has 336 valence electrons. The molecule has 0 aromatic rings. The normalized spacial score (nSPS) is 12.8. The number of ether oxygens (including phenoxy) is 3. The number of esters is 3. The van der Waals surface area contributed by atoms with Crippen LogP contribution in [-0.4, -0.2) is 37.2 Å². The Balaban J connectivity index is 4.47. The Morgan fingerprint density at radius 2 is 0.678 bits per heavy atom. The summed E-state index contributed by atoms with van der Waals surface area (Å²) in [5.41, 5.74) is 0. The molecule has 59 heavy (non-hydrogen) atoms. The molecular weight excluding hydrogens is 733 g/mol. The van der Waals surface area contributed by atoms with Crippen molar-refractivity contribution >= 4 is 17.9 Å². The molecule has 0 aliphatic carbocycles. The van der Waals surface area contributed by atoms with E-state index in [1.807, 2.05) is 54.7 Å². The molecule has 0 fully saturated rings. The first kappa shape index (κ1) is 55.6. The van der Waals surface area contributed by atoms with Gasteiger partial charge >= 0.3 is 17.9 Å². The smallest absolute Gasteiger partial charge is 0.306 e. The second-order valence-electron chi connectivity index (χ2n) is 15.8. The van der Waals surface area contributed by atoms with Gasteiger partial charge in [0.05, 0.1) is 0 Å². The summed E-state index contributed by atoms with van der Waals surface area (Å²) < 4.78 is 16.6. The molecule has 0 radical (unpaired) electrons. The van der Waals surface area contributed by atoms with Gasteiger partial charge in [-0.2, -0.15) is 0 Å². The maximum atomic E-state index is 12.7. The van der Waals surface area contributed by atoms with E-state index in [1.165, 1.54) is 96.3 Å².